The molecule has 2 aromatic carbocycles. The maximum absolute atomic E-state index is 12.9. The third kappa shape index (κ3) is 6.75. The van der Waals surface area contributed by atoms with Gasteiger partial charge in [0, 0.05) is 12.1 Å². The number of methoxy groups -OCH3 is 1. The topological polar surface area (TPSA) is 113 Å². The molecule has 0 fully saturated rings. The number of fused-ring (bicyclic) bond motifs is 1. The predicted molar refractivity (Wildman–Crippen MR) is 129 cm³/mol. The van der Waals surface area contributed by atoms with Gasteiger partial charge in [-0.2, -0.15) is 0 Å². The zero-order valence-electron chi connectivity index (χ0n) is 20.5. The first-order valence-corrected chi connectivity index (χ1v) is 11.1. The molecular formula is C26H29NO8. The van der Waals surface area contributed by atoms with Crippen molar-refractivity contribution in [1.29, 1.82) is 0 Å². The van der Waals surface area contributed by atoms with E-state index in [2.05, 4.69) is 5.32 Å². The number of rotatable bonds is 7. The highest BCUT2D eigenvalue weighted by atomic mass is 16.6. The van der Waals surface area contributed by atoms with Gasteiger partial charge in [-0.25, -0.2) is 9.59 Å². The highest BCUT2D eigenvalue weighted by Crippen LogP contribution is 2.26. The molecule has 0 saturated carbocycles. The molecule has 0 unspecified atom stereocenters. The van der Waals surface area contributed by atoms with Gasteiger partial charge in [-0.05, 0) is 51.0 Å². The van der Waals surface area contributed by atoms with Crippen LogP contribution in [0.2, 0.25) is 0 Å². The minimum atomic E-state index is -0.939. The van der Waals surface area contributed by atoms with E-state index >= 15 is 0 Å². The molecule has 0 bridgehead atoms. The maximum atomic E-state index is 12.9. The van der Waals surface area contributed by atoms with E-state index in [1.165, 1.54) is 31.6 Å². The lowest BCUT2D eigenvalue weighted by molar-refractivity contribution is -0.137. The molecule has 9 nitrogen and oxygen atoms in total. The van der Waals surface area contributed by atoms with Crippen LogP contribution in [0.25, 0.3) is 11.0 Å². The van der Waals surface area contributed by atoms with Crippen LogP contribution in [0, 0.1) is 5.92 Å². The molecule has 0 aliphatic carbocycles. The number of ether oxygens (including phenoxy) is 4. The Morgan fingerprint density at radius 3 is 2.37 bits per heavy atom. The second-order valence-corrected chi connectivity index (χ2v) is 9.16. The largest absolute Gasteiger partial charge is 0.497 e. The Labute approximate surface area is 202 Å². The zero-order chi connectivity index (χ0) is 25.8. The van der Waals surface area contributed by atoms with Gasteiger partial charge in [0.15, 0.2) is 0 Å². The van der Waals surface area contributed by atoms with Gasteiger partial charge in [0.05, 0.1) is 12.5 Å². The van der Waals surface area contributed by atoms with Gasteiger partial charge in [-0.1, -0.05) is 19.9 Å². The fourth-order valence-corrected chi connectivity index (χ4v) is 3.13. The number of carbonyl (C=O) groups is 2. The van der Waals surface area contributed by atoms with Crippen molar-refractivity contribution < 1.29 is 33.0 Å². The van der Waals surface area contributed by atoms with Crippen molar-refractivity contribution in [2.24, 2.45) is 5.92 Å². The van der Waals surface area contributed by atoms with E-state index in [1.54, 1.807) is 58.9 Å². The minimum absolute atomic E-state index is 0.00284. The zero-order valence-corrected chi connectivity index (χ0v) is 20.5. The predicted octanol–water partition coefficient (Wildman–Crippen LogP) is 5.05. The number of alkyl carbamates (subject to hydrolysis) is 1. The van der Waals surface area contributed by atoms with E-state index in [4.69, 9.17) is 23.4 Å². The quantitative estimate of drug-likeness (QED) is 0.367. The maximum Gasteiger partial charge on any atom is 0.408 e. The van der Waals surface area contributed by atoms with E-state index < -0.39 is 29.1 Å². The number of esters is 1. The highest BCUT2D eigenvalue weighted by Gasteiger charge is 2.28. The van der Waals surface area contributed by atoms with Crippen LogP contribution in [-0.4, -0.2) is 30.8 Å². The molecule has 9 heteroatoms. The van der Waals surface area contributed by atoms with Crippen LogP contribution in [0.4, 0.5) is 4.79 Å². The molecule has 0 aliphatic rings. The lowest BCUT2D eigenvalue weighted by Gasteiger charge is -2.24. The van der Waals surface area contributed by atoms with Crippen LogP contribution in [0.5, 0.6) is 23.0 Å². The first kappa shape index (κ1) is 25.6. The van der Waals surface area contributed by atoms with Crippen molar-refractivity contribution >= 4 is 23.0 Å². The number of hydrogen-bond acceptors (Lipinski definition) is 8. The summed E-state index contributed by atoms with van der Waals surface area (Å²) in [6.07, 6.45) is 0.470. The second kappa shape index (κ2) is 10.5. The molecule has 186 valence electrons. The molecule has 0 saturated heterocycles. The van der Waals surface area contributed by atoms with Crippen molar-refractivity contribution in [3.8, 4) is 23.0 Å². The number of benzene rings is 2. The SMILES string of the molecule is COc1cccc(Oc2coc3cc(OC(=O)[C@@H](NC(=O)OC(C)(C)C)C(C)C)ccc3c2=O)c1. The summed E-state index contributed by atoms with van der Waals surface area (Å²) in [4.78, 5) is 37.8. The molecule has 3 rings (SSSR count). The molecule has 35 heavy (non-hydrogen) atoms. The van der Waals surface area contributed by atoms with Crippen molar-refractivity contribution in [3.05, 3.63) is 59.0 Å². The van der Waals surface area contributed by atoms with Gasteiger partial charge in [0.1, 0.15) is 40.7 Å². The molecule has 1 heterocycles. The van der Waals surface area contributed by atoms with Crippen LogP contribution in [0.3, 0.4) is 0 Å². The second-order valence-electron chi connectivity index (χ2n) is 9.16. The Kier molecular flexibility index (Phi) is 7.68. The minimum Gasteiger partial charge on any atom is -0.497 e. The summed E-state index contributed by atoms with van der Waals surface area (Å²) in [5.41, 5.74) is -0.890. The normalized spacial score (nSPS) is 12.2. The van der Waals surface area contributed by atoms with Gasteiger partial charge >= 0.3 is 12.1 Å². The first-order valence-electron chi connectivity index (χ1n) is 11.1. The van der Waals surface area contributed by atoms with E-state index in [0.29, 0.717) is 11.5 Å². The van der Waals surface area contributed by atoms with Crippen molar-refractivity contribution in [2.75, 3.05) is 7.11 Å². The summed E-state index contributed by atoms with van der Waals surface area (Å²) in [6, 6.07) is 10.3. The van der Waals surface area contributed by atoms with Crippen LogP contribution < -0.4 is 25.0 Å². The number of hydrogen-bond donors (Lipinski definition) is 1. The lowest BCUT2D eigenvalue weighted by atomic mass is 10.1. The smallest absolute Gasteiger partial charge is 0.408 e. The van der Waals surface area contributed by atoms with E-state index in [-0.39, 0.29) is 28.4 Å². The first-order chi connectivity index (χ1) is 16.5. The monoisotopic (exact) mass is 483 g/mol. The summed E-state index contributed by atoms with van der Waals surface area (Å²) in [6.45, 7) is 8.72. The summed E-state index contributed by atoms with van der Waals surface area (Å²) in [5.74, 6) is 0.217. The van der Waals surface area contributed by atoms with Crippen molar-refractivity contribution in [3.63, 3.8) is 0 Å². The summed E-state index contributed by atoms with van der Waals surface area (Å²) in [7, 11) is 1.53. The Morgan fingerprint density at radius 1 is 1.00 bits per heavy atom. The highest BCUT2D eigenvalue weighted by molar-refractivity contribution is 5.85. The fourth-order valence-electron chi connectivity index (χ4n) is 3.13. The summed E-state index contributed by atoms with van der Waals surface area (Å²) in [5, 5.41) is 2.79. The standard InChI is InChI=1S/C26H29NO8/c1-15(2)22(27-25(30)35-26(3,4)5)24(29)34-18-10-11-19-20(13-18)32-14-21(23(19)28)33-17-9-7-8-16(12-17)31-6/h7-15,22H,1-6H3,(H,27,30)/t22-/m0/s1. The third-order valence-electron chi connectivity index (χ3n) is 4.79. The molecule has 3 aromatic rings. The van der Waals surface area contributed by atoms with Crippen LogP contribution in [-0.2, 0) is 9.53 Å². The summed E-state index contributed by atoms with van der Waals surface area (Å²) >= 11 is 0. The number of carbonyl (C=O) groups excluding carboxylic acids is 2. The van der Waals surface area contributed by atoms with Crippen LogP contribution >= 0.6 is 0 Å². The average Bonchev–Trinajstić information content (AvgIpc) is 2.78. The Bertz CT molecular complexity index is 1270. The average molecular weight is 484 g/mol. The fraction of sp³-hybridized carbons (Fsp3) is 0.346. The molecule has 0 radical (unpaired) electrons. The van der Waals surface area contributed by atoms with E-state index in [1.807, 2.05) is 0 Å². The van der Waals surface area contributed by atoms with E-state index in [9.17, 15) is 14.4 Å². The molecule has 1 atom stereocenters. The van der Waals surface area contributed by atoms with Crippen LogP contribution in [0.1, 0.15) is 34.6 Å². The van der Waals surface area contributed by atoms with Gasteiger partial charge < -0.3 is 28.7 Å². The van der Waals surface area contributed by atoms with Crippen molar-refractivity contribution in [2.45, 2.75) is 46.3 Å². The third-order valence-corrected chi connectivity index (χ3v) is 4.79. The Balaban J connectivity index is 1.77. The Hall–Kier alpha value is -4.01. The number of amides is 1. The van der Waals surface area contributed by atoms with E-state index in [0.717, 1.165) is 0 Å². The molecule has 1 aromatic heterocycles. The molecular weight excluding hydrogens is 454 g/mol. The molecule has 0 aliphatic heterocycles. The molecule has 1 N–H and O–H groups in total. The van der Waals surface area contributed by atoms with Gasteiger partial charge in [-0.15, -0.1) is 0 Å². The summed E-state index contributed by atoms with van der Waals surface area (Å²) < 4.78 is 27.1. The molecule has 1 amide bonds. The van der Waals surface area contributed by atoms with Gasteiger partial charge in [0.25, 0.3) is 0 Å². The van der Waals surface area contributed by atoms with Crippen molar-refractivity contribution in [1.82, 2.24) is 5.32 Å². The van der Waals surface area contributed by atoms with Crippen LogP contribution in [0.15, 0.2) is 57.9 Å². The van der Waals surface area contributed by atoms with Gasteiger partial charge in [-0.3, -0.25) is 4.79 Å². The van der Waals surface area contributed by atoms with Gasteiger partial charge in [0.2, 0.25) is 11.2 Å². The lowest BCUT2D eigenvalue weighted by Crippen LogP contribution is -2.48. The number of nitrogens with one attached hydrogen (secondary N) is 1. The molecule has 0 spiro atoms. The Morgan fingerprint density at radius 2 is 1.71 bits per heavy atom.